The van der Waals surface area contributed by atoms with Gasteiger partial charge in [-0.15, -0.1) is 11.6 Å². The van der Waals surface area contributed by atoms with E-state index in [-0.39, 0.29) is 5.91 Å². The van der Waals surface area contributed by atoms with Gasteiger partial charge in [-0.3, -0.25) is 4.79 Å². The van der Waals surface area contributed by atoms with E-state index in [1.54, 1.807) is 18.2 Å². The molecule has 5 heteroatoms. The van der Waals surface area contributed by atoms with Gasteiger partial charge in [0.05, 0.1) is 5.02 Å². The van der Waals surface area contributed by atoms with Crippen molar-refractivity contribution in [3.63, 3.8) is 0 Å². The van der Waals surface area contributed by atoms with Crippen LogP contribution in [0.2, 0.25) is 5.02 Å². The van der Waals surface area contributed by atoms with Gasteiger partial charge in [-0.05, 0) is 45.3 Å². The fraction of sp³-hybridized carbons (Fsp3) is 0.133. The van der Waals surface area contributed by atoms with Crippen molar-refractivity contribution in [2.75, 3.05) is 0 Å². The molecule has 0 bridgehead atoms. The minimum atomic E-state index is -0.135. The van der Waals surface area contributed by atoms with Crippen LogP contribution in [0.3, 0.4) is 0 Å². The summed E-state index contributed by atoms with van der Waals surface area (Å²) >= 11 is 14.9. The number of rotatable bonds is 4. The molecule has 2 nitrogen and oxygen atoms in total. The van der Waals surface area contributed by atoms with Gasteiger partial charge in [0.15, 0.2) is 0 Å². The Kier molecular flexibility index (Phi) is 5.46. The molecule has 0 aliphatic heterocycles. The lowest BCUT2D eigenvalue weighted by molar-refractivity contribution is 0.0951. The standard InChI is InChI=1S/C15H12BrCl2NO/c16-13-7-12(5-6-14(13)18)15(20)19-9-11-3-1-10(8-17)2-4-11/h1-7H,8-9H2,(H,19,20). The first kappa shape index (κ1) is 15.4. The molecule has 0 saturated heterocycles. The van der Waals surface area contributed by atoms with Gasteiger partial charge < -0.3 is 5.32 Å². The molecule has 0 atom stereocenters. The molecule has 0 heterocycles. The van der Waals surface area contributed by atoms with Crippen molar-refractivity contribution in [3.8, 4) is 0 Å². The van der Waals surface area contributed by atoms with E-state index in [0.717, 1.165) is 11.1 Å². The monoisotopic (exact) mass is 371 g/mol. The number of hydrogen-bond donors (Lipinski definition) is 1. The Balaban J connectivity index is 1.98. The minimum Gasteiger partial charge on any atom is -0.348 e. The lowest BCUT2D eigenvalue weighted by Crippen LogP contribution is -2.22. The third-order valence-corrected chi connectivity index (χ3v) is 4.33. The highest BCUT2D eigenvalue weighted by molar-refractivity contribution is 9.10. The van der Waals surface area contributed by atoms with E-state index in [2.05, 4.69) is 21.2 Å². The number of halogens is 3. The first-order valence-electron chi connectivity index (χ1n) is 5.97. The minimum absolute atomic E-state index is 0.135. The molecule has 0 spiro atoms. The molecule has 0 saturated carbocycles. The summed E-state index contributed by atoms with van der Waals surface area (Å²) in [5.41, 5.74) is 2.65. The molecule has 0 aliphatic carbocycles. The van der Waals surface area contributed by atoms with E-state index < -0.39 is 0 Å². The summed E-state index contributed by atoms with van der Waals surface area (Å²) in [6.45, 7) is 0.474. The van der Waals surface area contributed by atoms with Crippen LogP contribution >= 0.6 is 39.1 Å². The van der Waals surface area contributed by atoms with Crippen LogP contribution in [0.1, 0.15) is 21.5 Å². The number of alkyl halides is 1. The van der Waals surface area contributed by atoms with Crippen molar-refractivity contribution >= 4 is 45.0 Å². The molecule has 0 unspecified atom stereocenters. The predicted molar refractivity (Wildman–Crippen MR) is 86.3 cm³/mol. The molecule has 104 valence electrons. The zero-order chi connectivity index (χ0) is 14.5. The van der Waals surface area contributed by atoms with Crippen LogP contribution in [0.5, 0.6) is 0 Å². The van der Waals surface area contributed by atoms with Crippen LogP contribution in [0.4, 0.5) is 0 Å². The van der Waals surface area contributed by atoms with Crippen molar-refractivity contribution in [3.05, 3.63) is 68.7 Å². The quantitative estimate of drug-likeness (QED) is 0.769. The summed E-state index contributed by atoms with van der Waals surface area (Å²) in [7, 11) is 0. The van der Waals surface area contributed by atoms with Gasteiger partial charge in [0, 0.05) is 22.5 Å². The van der Waals surface area contributed by atoms with Crippen molar-refractivity contribution in [2.24, 2.45) is 0 Å². The molecule has 2 aromatic carbocycles. The van der Waals surface area contributed by atoms with E-state index in [0.29, 0.717) is 27.5 Å². The van der Waals surface area contributed by atoms with Crippen LogP contribution in [0.25, 0.3) is 0 Å². The van der Waals surface area contributed by atoms with E-state index in [4.69, 9.17) is 23.2 Å². The highest BCUT2D eigenvalue weighted by atomic mass is 79.9. The van der Waals surface area contributed by atoms with Crippen molar-refractivity contribution in [1.29, 1.82) is 0 Å². The maximum absolute atomic E-state index is 12.0. The van der Waals surface area contributed by atoms with Crippen LogP contribution in [0, 0.1) is 0 Å². The molecule has 1 N–H and O–H groups in total. The lowest BCUT2D eigenvalue weighted by Gasteiger charge is -2.07. The largest absolute Gasteiger partial charge is 0.348 e. The normalized spacial score (nSPS) is 10.3. The SMILES string of the molecule is O=C(NCc1ccc(CCl)cc1)c1ccc(Cl)c(Br)c1. The number of carbonyl (C=O) groups excluding carboxylic acids is 1. The van der Waals surface area contributed by atoms with Crippen LogP contribution in [0.15, 0.2) is 46.9 Å². The molecule has 0 radical (unpaired) electrons. The second-order valence-electron chi connectivity index (χ2n) is 4.26. The van der Waals surface area contributed by atoms with Crippen LogP contribution in [-0.4, -0.2) is 5.91 Å². The third kappa shape index (κ3) is 3.98. The molecule has 20 heavy (non-hydrogen) atoms. The van der Waals surface area contributed by atoms with Gasteiger partial charge >= 0.3 is 0 Å². The van der Waals surface area contributed by atoms with Gasteiger partial charge in [-0.25, -0.2) is 0 Å². The molecular weight excluding hydrogens is 361 g/mol. The molecule has 1 amide bonds. The summed E-state index contributed by atoms with van der Waals surface area (Å²) in [6.07, 6.45) is 0. The van der Waals surface area contributed by atoms with E-state index >= 15 is 0 Å². The number of nitrogens with one attached hydrogen (secondary N) is 1. The maximum Gasteiger partial charge on any atom is 0.251 e. The summed E-state index contributed by atoms with van der Waals surface area (Å²) in [4.78, 5) is 12.0. The molecule has 0 aliphatic rings. The van der Waals surface area contributed by atoms with Gasteiger partial charge in [0.25, 0.3) is 5.91 Å². The molecule has 2 rings (SSSR count). The smallest absolute Gasteiger partial charge is 0.251 e. The van der Waals surface area contributed by atoms with Crippen molar-refractivity contribution in [2.45, 2.75) is 12.4 Å². The Morgan fingerprint density at radius 1 is 1.10 bits per heavy atom. The Labute approximate surface area is 136 Å². The zero-order valence-corrected chi connectivity index (χ0v) is 13.6. The number of benzene rings is 2. The van der Waals surface area contributed by atoms with Gasteiger partial charge in [0.1, 0.15) is 0 Å². The van der Waals surface area contributed by atoms with Crippen LogP contribution < -0.4 is 5.32 Å². The van der Waals surface area contributed by atoms with Gasteiger partial charge in [-0.1, -0.05) is 35.9 Å². The van der Waals surface area contributed by atoms with Gasteiger partial charge in [0.2, 0.25) is 0 Å². The molecule has 0 fully saturated rings. The topological polar surface area (TPSA) is 29.1 Å². The molecular formula is C15H12BrCl2NO. The van der Waals surface area contributed by atoms with Crippen molar-refractivity contribution in [1.82, 2.24) is 5.32 Å². The summed E-state index contributed by atoms with van der Waals surface area (Å²) in [6, 6.07) is 12.9. The summed E-state index contributed by atoms with van der Waals surface area (Å²) in [5.74, 6) is 0.356. The van der Waals surface area contributed by atoms with Crippen molar-refractivity contribution < 1.29 is 4.79 Å². The first-order chi connectivity index (χ1) is 9.60. The predicted octanol–water partition coefficient (Wildman–Crippen LogP) is 4.77. The fourth-order valence-corrected chi connectivity index (χ4v) is 2.34. The number of carbonyl (C=O) groups is 1. The third-order valence-electron chi connectivity index (χ3n) is 2.81. The average Bonchev–Trinajstić information content (AvgIpc) is 2.48. The molecule has 0 aromatic heterocycles. The summed E-state index contributed by atoms with van der Waals surface area (Å²) < 4.78 is 0.707. The lowest BCUT2D eigenvalue weighted by atomic mass is 10.1. The maximum atomic E-state index is 12.0. The zero-order valence-electron chi connectivity index (χ0n) is 10.5. The van der Waals surface area contributed by atoms with E-state index in [1.165, 1.54) is 0 Å². The van der Waals surface area contributed by atoms with E-state index in [9.17, 15) is 4.79 Å². The fourth-order valence-electron chi connectivity index (χ4n) is 1.67. The molecule has 2 aromatic rings. The first-order valence-corrected chi connectivity index (χ1v) is 7.67. The summed E-state index contributed by atoms with van der Waals surface area (Å²) in [5, 5.41) is 3.45. The number of hydrogen-bond acceptors (Lipinski definition) is 1. The Morgan fingerprint density at radius 2 is 1.75 bits per heavy atom. The second kappa shape index (κ2) is 7.11. The van der Waals surface area contributed by atoms with Crippen LogP contribution in [-0.2, 0) is 12.4 Å². The highest BCUT2D eigenvalue weighted by Crippen LogP contribution is 2.23. The van der Waals surface area contributed by atoms with Gasteiger partial charge in [-0.2, -0.15) is 0 Å². The highest BCUT2D eigenvalue weighted by Gasteiger charge is 2.07. The Morgan fingerprint density at radius 3 is 2.35 bits per heavy atom. The Bertz CT molecular complexity index is 614. The second-order valence-corrected chi connectivity index (χ2v) is 5.79. The average molecular weight is 373 g/mol. The number of amides is 1. The Hall–Kier alpha value is -1.03. The van der Waals surface area contributed by atoms with E-state index in [1.807, 2.05) is 24.3 Å².